The van der Waals surface area contributed by atoms with Gasteiger partial charge < -0.3 is 11.1 Å². The Labute approximate surface area is 90.7 Å². The smallest absolute Gasteiger partial charge is 0.220 e. The van der Waals surface area contributed by atoms with Crippen LogP contribution in [0.5, 0.6) is 0 Å². The maximum atomic E-state index is 11.4. The molecule has 0 fully saturated rings. The first-order valence-corrected chi connectivity index (χ1v) is 5.21. The third-order valence-corrected chi connectivity index (χ3v) is 2.07. The van der Waals surface area contributed by atoms with Gasteiger partial charge in [0.1, 0.15) is 0 Å². The van der Waals surface area contributed by atoms with Crippen LogP contribution in [-0.4, -0.2) is 11.9 Å². The molecular weight excluding hydrogens is 188 g/mol. The summed E-state index contributed by atoms with van der Waals surface area (Å²) < 4.78 is 0. The highest BCUT2D eigenvalue weighted by atomic mass is 16.1. The van der Waals surface area contributed by atoms with Gasteiger partial charge in [-0.2, -0.15) is 0 Å². The predicted molar refractivity (Wildman–Crippen MR) is 62.5 cm³/mol. The lowest BCUT2D eigenvalue weighted by Gasteiger charge is -2.08. The molecule has 1 aromatic carbocycles. The van der Waals surface area contributed by atoms with Crippen LogP contribution in [0.3, 0.4) is 0 Å². The van der Waals surface area contributed by atoms with E-state index in [4.69, 9.17) is 5.73 Å². The molecule has 0 heterocycles. The predicted octanol–water partition coefficient (Wildman–Crippen LogP) is 1.73. The van der Waals surface area contributed by atoms with E-state index in [2.05, 4.69) is 5.32 Å². The van der Waals surface area contributed by atoms with E-state index in [9.17, 15) is 4.79 Å². The van der Waals surface area contributed by atoms with Crippen molar-refractivity contribution in [2.75, 3.05) is 5.73 Å². The Kier molecular flexibility index (Phi) is 4.16. The topological polar surface area (TPSA) is 55.1 Å². The number of benzene rings is 1. The van der Waals surface area contributed by atoms with Crippen LogP contribution in [0.15, 0.2) is 24.3 Å². The van der Waals surface area contributed by atoms with Crippen molar-refractivity contribution >= 4 is 11.6 Å². The quantitative estimate of drug-likeness (QED) is 0.737. The van der Waals surface area contributed by atoms with Crippen molar-refractivity contribution in [1.82, 2.24) is 5.32 Å². The zero-order valence-electron chi connectivity index (χ0n) is 9.29. The van der Waals surface area contributed by atoms with Crippen molar-refractivity contribution in [1.29, 1.82) is 0 Å². The summed E-state index contributed by atoms with van der Waals surface area (Å²) in [6.07, 6.45) is 1.29. The van der Waals surface area contributed by atoms with Crippen LogP contribution in [0.4, 0.5) is 5.69 Å². The number of rotatable bonds is 4. The van der Waals surface area contributed by atoms with Crippen molar-refractivity contribution in [3.63, 3.8) is 0 Å². The van der Waals surface area contributed by atoms with Crippen molar-refractivity contribution in [3.8, 4) is 0 Å². The van der Waals surface area contributed by atoms with Crippen LogP contribution in [-0.2, 0) is 11.2 Å². The third-order valence-electron chi connectivity index (χ3n) is 2.07. The summed E-state index contributed by atoms with van der Waals surface area (Å²) in [5, 5.41) is 2.86. The number of nitrogen functional groups attached to an aromatic ring is 1. The number of hydrogen-bond donors (Lipinski definition) is 2. The number of carbonyl (C=O) groups is 1. The summed E-state index contributed by atoms with van der Waals surface area (Å²) >= 11 is 0. The van der Waals surface area contributed by atoms with E-state index in [1.165, 1.54) is 0 Å². The van der Waals surface area contributed by atoms with Crippen LogP contribution in [0.1, 0.15) is 25.8 Å². The summed E-state index contributed by atoms with van der Waals surface area (Å²) in [4.78, 5) is 11.4. The Morgan fingerprint density at radius 2 is 1.93 bits per heavy atom. The largest absolute Gasteiger partial charge is 0.399 e. The number of hydrogen-bond acceptors (Lipinski definition) is 2. The minimum absolute atomic E-state index is 0.0989. The van der Waals surface area contributed by atoms with Crippen LogP contribution in [0.25, 0.3) is 0 Å². The number of carbonyl (C=O) groups excluding carboxylic acids is 1. The molecule has 3 N–H and O–H groups in total. The van der Waals surface area contributed by atoms with Crippen molar-refractivity contribution in [3.05, 3.63) is 29.8 Å². The molecule has 0 atom stereocenters. The third kappa shape index (κ3) is 4.49. The van der Waals surface area contributed by atoms with Crippen molar-refractivity contribution in [2.45, 2.75) is 32.7 Å². The maximum Gasteiger partial charge on any atom is 0.220 e. The molecule has 0 unspecified atom stereocenters. The van der Waals surface area contributed by atoms with E-state index >= 15 is 0 Å². The number of amides is 1. The molecule has 0 bridgehead atoms. The summed E-state index contributed by atoms with van der Waals surface area (Å²) in [7, 11) is 0. The van der Waals surface area contributed by atoms with E-state index in [0.29, 0.717) is 6.42 Å². The van der Waals surface area contributed by atoms with Gasteiger partial charge in [-0.15, -0.1) is 0 Å². The van der Waals surface area contributed by atoms with E-state index in [0.717, 1.165) is 17.7 Å². The number of nitrogens with one attached hydrogen (secondary N) is 1. The first kappa shape index (κ1) is 11.6. The van der Waals surface area contributed by atoms with Crippen LogP contribution in [0, 0.1) is 0 Å². The fourth-order valence-corrected chi connectivity index (χ4v) is 1.34. The lowest BCUT2D eigenvalue weighted by Crippen LogP contribution is -2.30. The van der Waals surface area contributed by atoms with Crippen LogP contribution >= 0.6 is 0 Å². The molecule has 15 heavy (non-hydrogen) atoms. The molecule has 0 saturated carbocycles. The molecule has 0 saturated heterocycles. The Bertz CT molecular complexity index is 317. The Morgan fingerprint density at radius 3 is 2.47 bits per heavy atom. The van der Waals surface area contributed by atoms with Crippen molar-refractivity contribution in [2.24, 2.45) is 0 Å². The maximum absolute atomic E-state index is 11.4. The fraction of sp³-hybridized carbons (Fsp3) is 0.417. The van der Waals surface area contributed by atoms with Gasteiger partial charge in [-0.05, 0) is 38.0 Å². The lowest BCUT2D eigenvalue weighted by molar-refractivity contribution is -0.121. The first-order valence-electron chi connectivity index (χ1n) is 5.21. The van der Waals surface area contributed by atoms with Crippen molar-refractivity contribution < 1.29 is 4.79 Å². The molecule has 0 aliphatic rings. The Hall–Kier alpha value is -1.51. The molecule has 0 spiro atoms. The van der Waals surface area contributed by atoms with Gasteiger partial charge in [0.15, 0.2) is 0 Å². The number of nitrogens with two attached hydrogens (primary N) is 1. The van der Waals surface area contributed by atoms with Crippen LogP contribution < -0.4 is 11.1 Å². The van der Waals surface area contributed by atoms with Gasteiger partial charge in [0.2, 0.25) is 5.91 Å². The first-order chi connectivity index (χ1) is 7.08. The van der Waals surface area contributed by atoms with E-state index in [-0.39, 0.29) is 11.9 Å². The summed E-state index contributed by atoms with van der Waals surface area (Å²) in [6.45, 7) is 3.92. The minimum atomic E-state index is 0.0989. The van der Waals surface area contributed by atoms with Gasteiger partial charge in [-0.1, -0.05) is 12.1 Å². The average Bonchev–Trinajstić information content (AvgIpc) is 2.16. The molecule has 3 heteroatoms. The zero-order chi connectivity index (χ0) is 11.3. The summed E-state index contributed by atoms with van der Waals surface area (Å²) in [6, 6.07) is 7.84. The van der Waals surface area contributed by atoms with Gasteiger partial charge in [-0.3, -0.25) is 4.79 Å². The minimum Gasteiger partial charge on any atom is -0.399 e. The van der Waals surface area contributed by atoms with Gasteiger partial charge >= 0.3 is 0 Å². The molecule has 82 valence electrons. The van der Waals surface area contributed by atoms with Gasteiger partial charge in [-0.25, -0.2) is 0 Å². The Morgan fingerprint density at radius 1 is 1.33 bits per heavy atom. The second kappa shape index (κ2) is 5.39. The molecule has 1 aromatic rings. The fourth-order valence-electron chi connectivity index (χ4n) is 1.34. The van der Waals surface area contributed by atoms with E-state index in [1.807, 2.05) is 38.1 Å². The molecular formula is C12H18N2O. The number of anilines is 1. The molecule has 0 radical (unpaired) electrons. The number of aryl methyl sites for hydroxylation is 1. The normalized spacial score (nSPS) is 10.3. The summed E-state index contributed by atoms with van der Waals surface area (Å²) in [5.41, 5.74) is 7.47. The monoisotopic (exact) mass is 206 g/mol. The SMILES string of the molecule is CC(C)NC(=O)CCc1ccc(N)cc1. The highest BCUT2D eigenvalue weighted by Crippen LogP contribution is 2.07. The molecule has 3 nitrogen and oxygen atoms in total. The van der Waals surface area contributed by atoms with Gasteiger partial charge in [0.05, 0.1) is 0 Å². The van der Waals surface area contributed by atoms with E-state index in [1.54, 1.807) is 0 Å². The van der Waals surface area contributed by atoms with Gasteiger partial charge in [0.25, 0.3) is 0 Å². The summed E-state index contributed by atoms with van der Waals surface area (Å²) in [5.74, 6) is 0.0989. The standard InChI is InChI=1S/C12H18N2O/c1-9(2)14-12(15)8-5-10-3-6-11(13)7-4-10/h3-4,6-7,9H,5,8,13H2,1-2H3,(H,14,15). The second-order valence-corrected chi connectivity index (χ2v) is 3.96. The molecule has 1 rings (SSSR count). The highest BCUT2D eigenvalue weighted by molar-refractivity contribution is 5.76. The highest BCUT2D eigenvalue weighted by Gasteiger charge is 2.03. The average molecular weight is 206 g/mol. The molecule has 0 aliphatic heterocycles. The lowest BCUT2D eigenvalue weighted by atomic mass is 10.1. The zero-order valence-corrected chi connectivity index (χ0v) is 9.29. The Balaban J connectivity index is 2.37. The molecule has 1 amide bonds. The van der Waals surface area contributed by atoms with Crippen LogP contribution in [0.2, 0.25) is 0 Å². The second-order valence-electron chi connectivity index (χ2n) is 3.96. The van der Waals surface area contributed by atoms with Gasteiger partial charge in [0, 0.05) is 18.2 Å². The van der Waals surface area contributed by atoms with E-state index < -0.39 is 0 Å². The molecule has 0 aliphatic carbocycles. The molecule has 0 aromatic heterocycles.